The molecule has 0 aliphatic carbocycles. The molecule has 5 rings (SSSR count). The van der Waals surface area contributed by atoms with Gasteiger partial charge in [-0.2, -0.15) is 5.10 Å². The maximum atomic E-state index is 5.05. The molecule has 0 saturated carbocycles. The van der Waals surface area contributed by atoms with Gasteiger partial charge < -0.3 is 5.32 Å². The van der Waals surface area contributed by atoms with Crippen molar-refractivity contribution in [3.05, 3.63) is 77.4 Å². The quantitative estimate of drug-likeness (QED) is 0.539. The lowest BCUT2D eigenvalue weighted by atomic mass is 9.99. The standard InChI is InChI=1S/C23H21N3/c1-15-10-11-18(14-16(15)2)26-23-21(12-13-24-23)22(25-26)20-9-5-7-17-6-3-4-8-19(17)20/h3-11,14,24H,12-13H2,1-2H3. The summed E-state index contributed by atoms with van der Waals surface area (Å²) >= 11 is 0. The first-order valence-electron chi connectivity index (χ1n) is 9.14. The van der Waals surface area contributed by atoms with Gasteiger partial charge in [0.15, 0.2) is 0 Å². The van der Waals surface area contributed by atoms with Crippen LogP contribution >= 0.6 is 0 Å². The Bertz CT molecular complexity index is 1130. The molecule has 0 amide bonds. The summed E-state index contributed by atoms with van der Waals surface area (Å²) in [6.45, 7) is 5.27. The van der Waals surface area contributed by atoms with Crippen molar-refractivity contribution in [2.75, 3.05) is 11.9 Å². The monoisotopic (exact) mass is 339 g/mol. The maximum Gasteiger partial charge on any atom is 0.133 e. The Hall–Kier alpha value is -3.07. The van der Waals surface area contributed by atoms with Crippen molar-refractivity contribution in [1.82, 2.24) is 9.78 Å². The van der Waals surface area contributed by atoms with Crippen LogP contribution < -0.4 is 5.32 Å². The first-order valence-corrected chi connectivity index (χ1v) is 9.14. The number of aryl methyl sites for hydroxylation is 2. The highest BCUT2D eigenvalue weighted by Gasteiger charge is 2.24. The lowest BCUT2D eigenvalue weighted by Crippen LogP contribution is -2.04. The van der Waals surface area contributed by atoms with Crippen molar-refractivity contribution < 1.29 is 0 Å². The number of benzene rings is 3. The van der Waals surface area contributed by atoms with Crippen LogP contribution in [0.3, 0.4) is 0 Å². The molecule has 0 unspecified atom stereocenters. The predicted molar refractivity (Wildman–Crippen MR) is 108 cm³/mol. The number of anilines is 1. The minimum atomic E-state index is 0.968. The van der Waals surface area contributed by atoms with Crippen LogP contribution in [0, 0.1) is 13.8 Å². The van der Waals surface area contributed by atoms with E-state index in [1.54, 1.807) is 0 Å². The molecule has 26 heavy (non-hydrogen) atoms. The Balaban J connectivity index is 1.75. The van der Waals surface area contributed by atoms with E-state index in [1.807, 2.05) is 0 Å². The fourth-order valence-electron chi connectivity index (χ4n) is 3.87. The van der Waals surface area contributed by atoms with Crippen molar-refractivity contribution in [1.29, 1.82) is 0 Å². The van der Waals surface area contributed by atoms with Gasteiger partial charge in [0.2, 0.25) is 0 Å². The van der Waals surface area contributed by atoms with Gasteiger partial charge in [-0.05, 0) is 54.3 Å². The molecule has 3 nitrogen and oxygen atoms in total. The highest BCUT2D eigenvalue weighted by molar-refractivity contribution is 5.97. The summed E-state index contributed by atoms with van der Waals surface area (Å²) in [5.74, 6) is 1.14. The largest absolute Gasteiger partial charge is 0.369 e. The Kier molecular flexibility index (Phi) is 3.35. The second kappa shape index (κ2) is 5.73. The molecule has 0 atom stereocenters. The Morgan fingerprint density at radius 3 is 2.65 bits per heavy atom. The third-order valence-corrected chi connectivity index (χ3v) is 5.43. The van der Waals surface area contributed by atoms with Crippen molar-refractivity contribution >= 4 is 16.6 Å². The van der Waals surface area contributed by atoms with Gasteiger partial charge in [0.25, 0.3) is 0 Å². The number of hydrogen-bond donors (Lipinski definition) is 1. The highest BCUT2D eigenvalue weighted by Crippen LogP contribution is 2.37. The van der Waals surface area contributed by atoms with Gasteiger partial charge in [0.1, 0.15) is 5.82 Å². The summed E-state index contributed by atoms with van der Waals surface area (Å²) in [7, 11) is 0. The molecule has 1 aromatic heterocycles. The maximum absolute atomic E-state index is 5.05. The van der Waals surface area contributed by atoms with E-state index in [-0.39, 0.29) is 0 Å². The van der Waals surface area contributed by atoms with E-state index in [0.717, 1.165) is 30.2 Å². The molecular weight excluding hydrogens is 318 g/mol. The molecule has 3 heteroatoms. The molecule has 4 aromatic rings. The third kappa shape index (κ3) is 2.24. The summed E-state index contributed by atoms with van der Waals surface area (Å²) in [4.78, 5) is 0. The lowest BCUT2D eigenvalue weighted by molar-refractivity contribution is 0.881. The van der Waals surface area contributed by atoms with Crippen LogP contribution in [0.15, 0.2) is 60.7 Å². The van der Waals surface area contributed by atoms with Crippen molar-refractivity contribution in [3.63, 3.8) is 0 Å². The molecule has 128 valence electrons. The molecule has 0 bridgehead atoms. The van der Waals surface area contributed by atoms with Crippen LogP contribution in [-0.4, -0.2) is 16.3 Å². The van der Waals surface area contributed by atoms with E-state index in [2.05, 4.69) is 84.5 Å². The Labute approximate surface area is 153 Å². The smallest absolute Gasteiger partial charge is 0.133 e. The number of nitrogens with one attached hydrogen (secondary N) is 1. The van der Waals surface area contributed by atoms with Gasteiger partial charge in [-0.3, -0.25) is 0 Å². The van der Waals surface area contributed by atoms with E-state index in [1.165, 1.54) is 33.0 Å². The van der Waals surface area contributed by atoms with Crippen LogP contribution in [0.25, 0.3) is 27.7 Å². The molecule has 1 N–H and O–H groups in total. The molecule has 1 aliphatic rings. The second-order valence-electron chi connectivity index (χ2n) is 7.06. The Morgan fingerprint density at radius 1 is 0.923 bits per heavy atom. The second-order valence-corrected chi connectivity index (χ2v) is 7.06. The summed E-state index contributed by atoms with van der Waals surface area (Å²) in [5, 5.41) is 11.1. The fraction of sp³-hybridized carbons (Fsp3) is 0.174. The van der Waals surface area contributed by atoms with Gasteiger partial charge in [-0.25, -0.2) is 4.68 Å². The summed E-state index contributed by atoms with van der Waals surface area (Å²) in [6, 6.07) is 21.6. The van der Waals surface area contributed by atoms with Crippen molar-refractivity contribution in [2.45, 2.75) is 20.3 Å². The summed E-state index contributed by atoms with van der Waals surface area (Å²) in [6.07, 6.45) is 1.01. The fourth-order valence-corrected chi connectivity index (χ4v) is 3.87. The number of aromatic nitrogens is 2. The van der Waals surface area contributed by atoms with Crippen LogP contribution in [0.2, 0.25) is 0 Å². The van der Waals surface area contributed by atoms with E-state index in [4.69, 9.17) is 5.10 Å². The van der Waals surface area contributed by atoms with Crippen LogP contribution in [-0.2, 0) is 6.42 Å². The van der Waals surface area contributed by atoms with E-state index in [9.17, 15) is 0 Å². The van der Waals surface area contributed by atoms with Crippen molar-refractivity contribution in [3.8, 4) is 16.9 Å². The topological polar surface area (TPSA) is 29.9 Å². The van der Waals surface area contributed by atoms with Gasteiger partial charge in [-0.1, -0.05) is 48.5 Å². The zero-order chi connectivity index (χ0) is 17.7. The molecule has 0 radical (unpaired) electrons. The average Bonchev–Trinajstić information content (AvgIpc) is 3.26. The first kappa shape index (κ1) is 15.2. The summed E-state index contributed by atoms with van der Waals surface area (Å²) in [5.41, 5.74) is 7.34. The SMILES string of the molecule is Cc1ccc(-n2nc(-c3cccc4ccccc34)c3c2NCC3)cc1C. The molecule has 0 fully saturated rings. The Morgan fingerprint density at radius 2 is 1.77 bits per heavy atom. The molecule has 2 heterocycles. The molecular formula is C23H21N3. The minimum Gasteiger partial charge on any atom is -0.369 e. The number of fused-ring (bicyclic) bond motifs is 2. The number of hydrogen-bond acceptors (Lipinski definition) is 2. The van der Waals surface area contributed by atoms with Gasteiger partial charge in [0, 0.05) is 17.7 Å². The van der Waals surface area contributed by atoms with Gasteiger partial charge >= 0.3 is 0 Å². The van der Waals surface area contributed by atoms with Crippen LogP contribution in [0.4, 0.5) is 5.82 Å². The zero-order valence-electron chi connectivity index (χ0n) is 15.1. The predicted octanol–water partition coefficient (Wildman–Crippen LogP) is 5.28. The van der Waals surface area contributed by atoms with E-state index < -0.39 is 0 Å². The minimum absolute atomic E-state index is 0.968. The normalized spacial score (nSPS) is 13.0. The molecule has 0 saturated heterocycles. The summed E-state index contributed by atoms with van der Waals surface area (Å²) < 4.78 is 2.08. The first-order chi connectivity index (χ1) is 12.7. The molecule has 1 aliphatic heterocycles. The van der Waals surface area contributed by atoms with E-state index >= 15 is 0 Å². The molecule has 0 spiro atoms. The van der Waals surface area contributed by atoms with E-state index in [0.29, 0.717) is 0 Å². The average molecular weight is 339 g/mol. The van der Waals surface area contributed by atoms with Crippen LogP contribution in [0.5, 0.6) is 0 Å². The van der Waals surface area contributed by atoms with Crippen molar-refractivity contribution in [2.24, 2.45) is 0 Å². The van der Waals surface area contributed by atoms with Gasteiger partial charge in [-0.15, -0.1) is 0 Å². The number of nitrogens with zero attached hydrogens (tertiary/aromatic N) is 2. The highest BCUT2D eigenvalue weighted by atomic mass is 15.3. The third-order valence-electron chi connectivity index (χ3n) is 5.43. The zero-order valence-corrected chi connectivity index (χ0v) is 15.1. The van der Waals surface area contributed by atoms with Gasteiger partial charge in [0.05, 0.1) is 11.4 Å². The van der Waals surface area contributed by atoms with Crippen LogP contribution in [0.1, 0.15) is 16.7 Å². The molecule has 3 aromatic carbocycles. The number of rotatable bonds is 2. The lowest BCUT2D eigenvalue weighted by Gasteiger charge is -2.09.